The molecular formula is C13H14N2O2S. The van der Waals surface area contributed by atoms with E-state index in [0.717, 1.165) is 35.2 Å². The summed E-state index contributed by atoms with van der Waals surface area (Å²) in [4.78, 5) is 16.6. The molecule has 0 aliphatic heterocycles. The summed E-state index contributed by atoms with van der Waals surface area (Å²) < 4.78 is 0. The molecule has 1 atom stereocenters. The third kappa shape index (κ3) is 1.66. The number of carbonyl (C=O) groups is 1. The maximum atomic E-state index is 11.1. The Labute approximate surface area is 108 Å². The van der Waals surface area contributed by atoms with Crippen molar-refractivity contribution in [3.63, 3.8) is 0 Å². The molecule has 0 radical (unpaired) electrons. The Bertz CT molecular complexity index is 648. The van der Waals surface area contributed by atoms with Gasteiger partial charge < -0.3 is 10.8 Å². The number of carboxylic acids is 1. The normalized spacial score (nSPS) is 18.8. The van der Waals surface area contributed by atoms with E-state index in [1.807, 2.05) is 6.07 Å². The summed E-state index contributed by atoms with van der Waals surface area (Å²) in [6.07, 6.45) is 3.14. The first-order chi connectivity index (χ1) is 8.56. The summed E-state index contributed by atoms with van der Waals surface area (Å²) in [6, 6.07) is 2.03. The summed E-state index contributed by atoms with van der Waals surface area (Å²) in [6.45, 7) is 2.23. The van der Waals surface area contributed by atoms with Crippen molar-refractivity contribution in [1.29, 1.82) is 0 Å². The van der Waals surface area contributed by atoms with Crippen molar-refractivity contribution >= 4 is 33.2 Å². The van der Waals surface area contributed by atoms with E-state index in [1.165, 1.54) is 16.9 Å². The average molecular weight is 262 g/mol. The molecule has 5 heteroatoms. The smallest absolute Gasteiger partial charge is 0.348 e. The van der Waals surface area contributed by atoms with Crippen LogP contribution in [-0.4, -0.2) is 16.1 Å². The van der Waals surface area contributed by atoms with E-state index < -0.39 is 5.97 Å². The number of hydrogen-bond acceptors (Lipinski definition) is 4. The largest absolute Gasteiger partial charge is 0.477 e. The number of nitrogen functional groups attached to an aromatic ring is 1. The van der Waals surface area contributed by atoms with Gasteiger partial charge in [-0.2, -0.15) is 0 Å². The molecule has 2 aromatic rings. The molecule has 0 spiro atoms. The number of pyridine rings is 1. The first kappa shape index (κ1) is 11.5. The Morgan fingerprint density at radius 2 is 2.39 bits per heavy atom. The van der Waals surface area contributed by atoms with Gasteiger partial charge in [0, 0.05) is 11.1 Å². The van der Waals surface area contributed by atoms with Gasteiger partial charge in [0.2, 0.25) is 0 Å². The Hall–Kier alpha value is -1.62. The van der Waals surface area contributed by atoms with Gasteiger partial charge in [0.05, 0.1) is 5.69 Å². The molecule has 0 saturated heterocycles. The maximum absolute atomic E-state index is 11.1. The van der Waals surface area contributed by atoms with Crippen molar-refractivity contribution in [3.8, 4) is 0 Å². The van der Waals surface area contributed by atoms with Crippen LogP contribution in [0.5, 0.6) is 0 Å². The number of nitrogens with zero attached hydrogens (tertiary/aromatic N) is 1. The molecular weight excluding hydrogens is 248 g/mol. The number of carboxylic acid groups (broad SMARTS) is 1. The van der Waals surface area contributed by atoms with Gasteiger partial charge in [-0.25, -0.2) is 9.78 Å². The van der Waals surface area contributed by atoms with Crippen LogP contribution >= 0.6 is 11.3 Å². The minimum absolute atomic E-state index is 0.202. The number of aromatic carboxylic acids is 1. The van der Waals surface area contributed by atoms with Gasteiger partial charge in [-0.3, -0.25) is 0 Å². The zero-order valence-corrected chi connectivity index (χ0v) is 10.9. The number of nitrogens with two attached hydrogens (primary N) is 1. The summed E-state index contributed by atoms with van der Waals surface area (Å²) in [5.74, 6) is -0.308. The molecule has 2 aromatic heterocycles. The fraction of sp³-hybridized carbons (Fsp3) is 0.385. The molecule has 0 bridgehead atoms. The fourth-order valence-corrected chi connectivity index (χ4v) is 3.47. The van der Waals surface area contributed by atoms with E-state index in [1.54, 1.807) is 0 Å². The van der Waals surface area contributed by atoms with Crippen LogP contribution in [0.2, 0.25) is 0 Å². The van der Waals surface area contributed by atoms with Crippen molar-refractivity contribution in [2.45, 2.75) is 26.2 Å². The van der Waals surface area contributed by atoms with E-state index in [9.17, 15) is 4.79 Å². The van der Waals surface area contributed by atoms with E-state index in [4.69, 9.17) is 10.8 Å². The van der Waals surface area contributed by atoms with E-state index in [-0.39, 0.29) is 4.88 Å². The molecule has 0 amide bonds. The van der Waals surface area contributed by atoms with Crippen LogP contribution < -0.4 is 5.73 Å². The van der Waals surface area contributed by atoms with Gasteiger partial charge in [0.15, 0.2) is 0 Å². The van der Waals surface area contributed by atoms with E-state index in [0.29, 0.717) is 11.6 Å². The summed E-state index contributed by atoms with van der Waals surface area (Å²) >= 11 is 1.17. The van der Waals surface area contributed by atoms with Crippen molar-refractivity contribution in [3.05, 3.63) is 22.2 Å². The minimum atomic E-state index is -0.971. The van der Waals surface area contributed by atoms with Gasteiger partial charge >= 0.3 is 5.97 Å². The second-order valence-electron chi connectivity index (χ2n) is 4.94. The van der Waals surface area contributed by atoms with Crippen LogP contribution in [0.3, 0.4) is 0 Å². The van der Waals surface area contributed by atoms with Gasteiger partial charge in [-0.1, -0.05) is 6.92 Å². The second kappa shape index (κ2) is 3.95. The number of aromatic nitrogens is 1. The lowest BCUT2D eigenvalue weighted by atomic mass is 9.87. The summed E-state index contributed by atoms with van der Waals surface area (Å²) in [7, 11) is 0. The minimum Gasteiger partial charge on any atom is -0.477 e. The number of rotatable bonds is 1. The topological polar surface area (TPSA) is 76.2 Å². The molecule has 0 fully saturated rings. The summed E-state index contributed by atoms with van der Waals surface area (Å²) in [5, 5.41) is 9.87. The highest BCUT2D eigenvalue weighted by atomic mass is 32.1. The lowest BCUT2D eigenvalue weighted by Crippen LogP contribution is -2.12. The van der Waals surface area contributed by atoms with Crippen molar-refractivity contribution in [2.75, 3.05) is 5.73 Å². The maximum Gasteiger partial charge on any atom is 0.348 e. The molecule has 1 aliphatic carbocycles. The van der Waals surface area contributed by atoms with Crippen LogP contribution in [0.15, 0.2) is 6.07 Å². The standard InChI is InChI=1S/C13H14N2O2S/c1-6-2-3-9-7(4-6)5-8-10(14)11(13(16)17)18-12(8)15-9/h5-6H,2-4,14H2,1H3,(H,16,17). The van der Waals surface area contributed by atoms with Crippen LogP contribution in [-0.2, 0) is 12.8 Å². The van der Waals surface area contributed by atoms with Crippen LogP contribution in [0, 0.1) is 5.92 Å². The lowest BCUT2D eigenvalue weighted by Gasteiger charge is -2.20. The number of aryl methyl sites for hydroxylation is 1. The zero-order chi connectivity index (χ0) is 12.9. The Kier molecular flexibility index (Phi) is 2.52. The SMILES string of the molecule is CC1CCc2nc3sc(C(=O)O)c(N)c3cc2C1. The van der Waals surface area contributed by atoms with Gasteiger partial charge in [0.25, 0.3) is 0 Å². The monoisotopic (exact) mass is 262 g/mol. The first-order valence-electron chi connectivity index (χ1n) is 6.00. The number of thiophene rings is 1. The third-order valence-corrected chi connectivity index (χ3v) is 4.63. The molecule has 1 unspecified atom stereocenters. The molecule has 94 valence electrons. The molecule has 18 heavy (non-hydrogen) atoms. The van der Waals surface area contributed by atoms with Crippen LogP contribution in [0.1, 0.15) is 34.3 Å². The Morgan fingerprint density at radius 3 is 3.11 bits per heavy atom. The quantitative estimate of drug-likeness (QED) is 0.828. The lowest BCUT2D eigenvalue weighted by molar-refractivity contribution is 0.0703. The van der Waals surface area contributed by atoms with Gasteiger partial charge in [-0.05, 0) is 36.8 Å². The number of anilines is 1. The molecule has 3 rings (SSSR count). The highest BCUT2D eigenvalue weighted by Crippen LogP contribution is 2.36. The zero-order valence-electron chi connectivity index (χ0n) is 10.1. The number of hydrogen-bond donors (Lipinski definition) is 2. The van der Waals surface area contributed by atoms with E-state index in [2.05, 4.69) is 11.9 Å². The predicted molar refractivity (Wildman–Crippen MR) is 72.2 cm³/mol. The highest BCUT2D eigenvalue weighted by Gasteiger charge is 2.21. The molecule has 0 aromatic carbocycles. The molecule has 2 heterocycles. The molecule has 3 N–H and O–H groups in total. The van der Waals surface area contributed by atoms with Crippen molar-refractivity contribution < 1.29 is 9.90 Å². The van der Waals surface area contributed by atoms with Gasteiger partial charge in [0.1, 0.15) is 9.71 Å². The predicted octanol–water partition coefficient (Wildman–Crippen LogP) is 2.70. The Balaban J connectivity index is 2.22. The second-order valence-corrected chi connectivity index (χ2v) is 5.94. The summed E-state index contributed by atoms with van der Waals surface area (Å²) in [5.41, 5.74) is 8.59. The van der Waals surface area contributed by atoms with Crippen LogP contribution in [0.4, 0.5) is 5.69 Å². The van der Waals surface area contributed by atoms with Crippen molar-refractivity contribution in [1.82, 2.24) is 4.98 Å². The molecule has 4 nitrogen and oxygen atoms in total. The average Bonchev–Trinajstić information content (AvgIpc) is 2.64. The fourth-order valence-electron chi connectivity index (χ4n) is 2.53. The molecule has 0 saturated carbocycles. The third-order valence-electron chi connectivity index (χ3n) is 3.53. The Morgan fingerprint density at radius 1 is 1.61 bits per heavy atom. The van der Waals surface area contributed by atoms with Gasteiger partial charge in [-0.15, -0.1) is 11.3 Å². The van der Waals surface area contributed by atoms with Crippen molar-refractivity contribution in [2.24, 2.45) is 5.92 Å². The highest BCUT2D eigenvalue weighted by molar-refractivity contribution is 7.21. The van der Waals surface area contributed by atoms with E-state index >= 15 is 0 Å². The number of fused-ring (bicyclic) bond motifs is 2. The van der Waals surface area contributed by atoms with Crippen LogP contribution in [0.25, 0.3) is 10.2 Å². The first-order valence-corrected chi connectivity index (χ1v) is 6.82. The molecule has 1 aliphatic rings.